The smallest absolute Gasteiger partial charge is 0.0149 e. The summed E-state index contributed by atoms with van der Waals surface area (Å²) in [7, 11) is 0. The van der Waals surface area contributed by atoms with Crippen LogP contribution in [0.3, 0.4) is 0 Å². The van der Waals surface area contributed by atoms with Gasteiger partial charge in [-0.3, -0.25) is 0 Å². The van der Waals surface area contributed by atoms with Crippen molar-refractivity contribution in [1.82, 2.24) is 5.32 Å². The standard InChI is InChI=1S/C18H33N/c1-5-6-19-17(18(2,3)4)16-14-8-12-7-13(10-14)11-15(16)9-12/h12-17,19H,5-11H2,1-4H3. The first-order chi connectivity index (χ1) is 8.99. The molecule has 19 heavy (non-hydrogen) atoms. The van der Waals surface area contributed by atoms with Crippen LogP contribution in [0.15, 0.2) is 0 Å². The predicted molar refractivity (Wildman–Crippen MR) is 82.1 cm³/mol. The zero-order chi connectivity index (χ0) is 13.6. The molecule has 4 bridgehead atoms. The number of hydrogen-bond acceptors (Lipinski definition) is 1. The molecule has 4 fully saturated rings. The van der Waals surface area contributed by atoms with E-state index in [1.54, 1.807) is 32.1 Å². The van der Waals surface area contributed by atoms with Gasteiger partial charge in [0.05, 0.1) is 0 Å². The summed E-state index contributed by atoms with van der Waals surface area (Å²) in [6, 6.07) is 0.738. The lowest BCUT2D eigenvalue weighted by molar-refractivity contribution is -0.0683. The molecule has 1 nitrogen and oxygen atoms in total. The first kappa shape index (κ1) is 13.9. The molecule has 0 heterocycles. The van der Waals surface area contributed by atoms with E-state index in [-0.39, 0.29) is 0 Å². The lowest BCUT2D eigenvalue weighted by atomic mass is 9.49. The van der Waals surface area contributed by atoms with Crippen LogP contribution in [0.1, 0.15) is 66.2 Å². The van der Waals surface area contributed by atoms with Crippen LogP contribution in [0.4, 0.5) is 0 Å². The molecule has 0 spiro atoms. The van der Waals surface area contributed by atoms with Crippen LogP contribution in [-0.2, 0) is 0 Å². The highest BCUT2D eigenvalue weighted by atomic mass is 14.9. The maximum Gasteiger partial charge on any atom is 0.0149 e. The summed E-state index contributed by atoms with van der Waals surface area (Å²) in [6.07, 6.45) is 9.05. The Kier molecular flexibility index (Phi) is 3.71. The summed E-state index contributed by atoms with van der Waals surface area (Å²) >= 11 is 0. The van der Waals surface area contributed by atoms with Gasteiger partial charge in [-0.05, 0) is 80.1 Å². The van der Waals surface area contributed by atoms with Gasteiger partial charge < -0.3 is 5.32 Å². The fourth-order valence-corrected chi connectivity index (χ4v) is 5.83. The van der Waals surface area contributed by atoms with Gasteiger partial charge in [-0.15, -0.1) is 0 Å². The molecule has 110 valence electrons. The third kappa shape index (κ3) is 2.60. The van der Waals surface area contributed by atoms with Crippen molar-refractivity contribution >= 4 is 0 Å². The minimum Gasteiger partial charge on any atom is -0.313 e. The van der Waals surface area contributed by atoms with Crippen molar-refractivity contribution in [3.8, 4) is 0 Å². The average Bonchev–Trinajstić information content (AvgIpc) is 2.30. The summed E-state index contributed by atoms with van der Waals surface area (Å²) in [6.45, 7) is 10.8. The van der Waals surface area contributed by atoms with Gasteiger partial charge in [0.2, 0.25) is 0 Å². The van der Waals surface area contributed by atoms with Gasteiger partial charge in [-0.1, -0.05) is 27.7 Å². The third-order valence-corrected chi connectivity index (χ3v) is 6.23. The summed E-state index contributed by atoms with van der Waals surface area (Å²) in [5.74, 6) is 5.27. The van der Waals surface area contributed by atoms with Crippen LogP contribution in [-0.4, -0.2) is 12.6 Å². The first-order valence-electron chi connectivity index (χ1n) is 8.72. The molecule has 0 aromatic carbocycles. The van der Waals surface area contributed by atoms with Gasteiger partial charge in [0.25, 0.3) is 0 Å². The second-order valence-corrected chi connectivity index (χ2v) is 8.81. The maximum atomic E-state index is 3.94. The van der Waals surface area contributed by atoms with Gasteiger partial charge in [0.15, 0.2) is 0 Å². The van der Waals surface area contributed by atoms with E-state index in [0.717, 1.165) is 35.6 Å². The first-order valence-corrected chi connectivity index (χ1v) is 8.72. The van der Waals surface area contributed by atoms with Crippen LogP contribution >= 0.6 is 0 Å². The maximum absolute atomic E-state index is 3.94. The molecule has 0 aromatic heterocycles. The van der Waals surface area contributed by atoms with Crippen LogP contribution in [0.25, 0.3) is 0 Å². The molecular weight excluding hydrogens is 230 g/mol. The van der Waals surface area contributed by atoms with Crippen molar-refractivity contribution in [3.63, 3.8) is 0 Å². The van der Waals surface area contributed by atoms with E-state index < -0.39 is 0 Å². The third-order valence-electron chi connectivity index (χ3n) is 6.23. The number of nitrogens with one attached hydrogen (secondary N) is 1. The van der Waals surface area contributed by atoms with E-state index in [2.05, 4.69) is 33.0 Å². The van der Waals surface area contributed by atoms with E-state index in [1.807, 2.05) is 0 Å². The average molecular weight is 263 g/mol. The second-order valence-electron chi connectivity index (χ2n) is 8.81. The minimum absolute atomic E-state index is 0.412. The highest BCUT2D eigenvalue weighted by Gasteiger charge is 2.52. The van der Waals surface area contributed by atoms with Crippen molar-refractivity contribution in [2.24, 2.45) is 35.0 Å². The fourth-order valence-electron chi connectivity index (χ4n) is 5.83. The fraction of sp³-hybridized carbons (Fsp3) is 1.00. The summed E-state index contributed by atoms with van der Waals surface area (Å²) in [4.78, 5) is 0. The lowest BCUT2D eigenvalue weighted by Gasteiger charge is -2.58. The monoisotopic (exact) mass is 263 g/mol. The largest absolute Gasteiger partial charge is 0.313 e. The van der Waals surface area contributed by atoms with Crippen LogP contribution < -0.4 is 5.32 Å². The topological polar surface area (TPSA) is 12.0 Å². The van der Waals surface area contributed by atoms with Gasteiger partial charge in [-0.25, -0.2) is 0 Å². The molecular formula is C18H33N. The second kappa shape index (κ2) is 5.06. The van der Waals surface area contributed by atoms with Gasteiger partial charge >= 0.3 is 0 Å². The van der Waals surface area contributed by atoms with E-state index in [1.165, 1.54) is 13.0 Å². The Balaban J connectivity index is 1.78. The summed E-state index contributed by atoms with van der Waals surface area (Å²) in [5.41, 5.74) is 0.412. The molecule has 1 atom stereocenters. The van der Waals surface area contributed by atoms with Crippen LogP contribution in [0.2, 0.25) is 0 Å². The number of hydrogen-bond donors (Lipinski definition) is 1. The molecule has 4 rings (SSSR count). The van der Waals surface area contributed by atoms with Gasteiger partial charge in [-0.2, -0.15) is 0 Å². The van der Waals surface area contributed by atoms with Crippen molar-refractivity contribution in [1.29, 1.82) is 0 Å². The van der Waals surface area contributed by atoms with E-state index in [9.17, 15) is 0 Å². The summed E-state index contributed by atoms with van der Waals surface area (Å²) in [5, 5.41) is 3.94. The van der Waals surface area contributed by atoms with Crippen LogP contribution in [0, 0.1) is 35.0 Å². The molecule has 1 heteroatoms. The molecule has 0 amide bonds. The molecule has 4 saturated carbocycles. The van der Waals surface area contributed by atoms with Crippen molar-refractivity contribution in [2.75, 3.05) is 6.54 Å². The zero-order valence-corrected chi connectivity index (χ0v) is 13.4. The number of rotatable bonds is 4. The highest BCUT2D eigenvalue weighted by molar-refractivity contribution is 5.03. The van der Waals surface area contributed by atoms with Crippen molar-refractivity contribution in [3.05, 3.63) is 0 Å². The van der Waals surface area contributed by atoms with E-state index in [4.69, 9.17) is 0 Å². The zero-order valence-electron chi connectivity index (χ0n) is 13.4. The van der Waals surface area contributed by atoms with Crippen molar-refractivity contribution < 1.29 is 0 Å². The Bertz CT molecular complexity index is 286. The minimum atomic E-state index is 0.412. The quantitative estimate of drug-likeness (QED) is 0.789. The normalized spacial score (nSPS) is 42.6. The van der Waals surface area contributed by atoms with Crippen LogP contribution in [0.5, 0.6) is 0 Å². The molecule has 0 aliphatic heterocycles. The molecule has 1 N–H and O–H groups in total. The Morgan fingerprint density at radius 3 is 1.89 bits per heavy atom. The summed E-state index contributed by atoms with van der Waals surface area (Å²) < 4.78 is 0. The molecule has 1 unspecified atom stereocenters. The van der Waals surface area contributed by atoms with Gasteiger partial charge in [0, 0.05) is 6.04 Å². The van der Waals surface area contributed by atoms with E-state index in [0.29, 0.717) is 5.41 Å². The van der Waals surface area contributed by atoms with E-state index >= 15 is 0 Å². The molecule has 0 radical (unpaired) electrons. The Labute approximate surface area is 119 Å². The SMILES string of the molecule is CCCNC(C1C2CC3CC(C2)CC1C3)C(C)(C)C. The molecule has 4 aliphatic rings. The Morgan fingerprint density at radius 2 is 1.47 bits per heavy atom. The molecule has 4 aliphatic carbocycles. The Morgan fingerprint density at radius 1 is 0.947 bits per heavy atom. The predicted octanol–water partition coefficient (Wildman–Crippen LogP) is 4.47. The molecule has 0 saturated heterocycles. The van der Waals surface area contributed by atoms with Crippen molar-refractivity contribution in [2.45, 2.75) is 72.3 Å². The van der Waals surface area contributed by atoms with Gasteiger partial charge in [0.1, 0.15) is 0 Å². The Hall–Kier alpha value is -0.0400. The molecule has 0 aromatic rings. The lowest BCUT2D eigenvalue weighted by Crippen LogP contribution is -2.57. The highest BCUT2D eigenvalue weighted by Crippen LogP contribution is 2.58.